The molecule has 0 spiro atoms. The molecular formula is C12H12ClNO3S. The standard InChI is InChI=1S/C12H12ClNO3S/c13-9-3-5-10(6-4-9)18(15,16)8-11(14)12-2-1-7-17-12/h1-7,11H,8,14H2. The third kappa shape index (κ3) is 2.93. The summed E-state index contributed by atoms with van der Waals surface area (Å²) in [6.45, 7) is 0. The van der Waals surface area contributed by atoms with Crippen molar-refractivity contribution in [1.29, 1.82) is 0 Å². The lowest BCUT2D eigenvalue weighted by Gasteiger charge is -2.09. The van der Waals surface area contributed by atoms with Crippen LogP contribution in [0.1, 0.15) is 11.8 Å². The Bertz CT molecular complexity index is 605. The lowest BCUT2D eigenvalue weighted by molar-refractivity contribution is 0.477. The van der Waals surface area contributed by atoms with Gasteiger partial charge >= 0.3 is 0 Å². The summed E-state index contributed by atoms with van der Waals surface area (Å²) in [6, 6.07) is 8.64. The number of rotatable bonds is 4. The van der Waals surface area contributed by atoms with Crippen LogP contribution in [-0.4, -0.2) is 14.2 Å². The van der Waals surface area contributed by atoms with Gasteiger partial charge in [-0.1, -0.05) is 11.6 Å². The molecule has 2 aromatic rings. The zero-order valence-corrected chi connectivity index (χ0v) is 11.0. The van der Waals surface area contributed by atoms with Gasteiger partial charge in [0.05, 0.1) is 23.0 Å². The van der Waals surface area contributed by atoms with E-state index in [4.69, 9.17) is 21.8 Å². The van der Waals surface area contributed by atoms with Gasteiger partial charge in [0, 0.05) is 5.02 Å². The summed E-state index contributed by atoms with van der Waals surface area (Å²) in [5.74, 6) is 0.245. The van der Waals surface area contributed by atoms with Crippen LogP contribution >= 0.6 is 11.6 Å². The van der Waals surface area contributed by atoms with Crippen molar-refractivity contribution in [3.63, 3.8) is 0 Å². The van der Waals surface area contributed by atoms with Crippen molar-refractivity contribution in [3.8, 4) is 0 Å². The van der Waals surface area contributed by atoms with Crippen molar-refractivity contribution in [1.82, 2.24) is 0 Å². The summed E-state index contributed by atoms with van der Waals surface area (Å²) in [7, 11) is -3.45. The first kappa shape index (κ1) is 13.1. The Morgan fingerprint density at radius 2 is 1.89 bits per heavy atom. The van der Waals surface area contributed by atoms with E-state index in [0.29, 0.717) is 10.8 Å². The van der Waals surface area contributed by atoms with Gasteiger partial charge in [-0.3, -0.25) is 0 Å². The fourth-order valence-electron chi connectivity index (χ4n) is 1.56. The Morgan fingerprint density at radius 1 is 1.22 bits per heavy atom. The molecular weight excluding hydrogens is 274 g/mol. The average molecular weight is 286 g/mol. The van der Waals surface area contributed by atoms with E-state index < -0.39 is 15.9 Å². The van der Waals surface area contributed by atoms with Crippen LogP contribution < -0.4 is 5.73 Å². The Labute approximate surface area is 110 Å². The van der Waals surface area contributed by atoms with Crippen LogP contribution in [0, 0.1) is 0 Å². The molecule has 4 nitrogen and oxygen atoms in total. The zero-order valence-electron chi connectivity index (χ0n) is 9.41. The number of halogens is 1. The highest BCUT2D eigenvalue weighted by molar-refractivity contribution is 7.91. The van der Waals surface area contributed by atoms with Crippen molar-refractivity contribution in [2.45, 2.75) is 10.9 Å². The van der Waals surface area contributed by atoms with Crippen LogP contribution in [0.15, 0.2) is 52.0 Å². The van der Waals surface area contributed by atoms with Crippen molar-refractivity contribution in [2.24, 2.45) is 5.73 Å². The van der Waals surface area contributed by atoms with Crippen LogP contribution in [0.3, 0.4) is 0 Å². The predicted octanol–water partition coefficient (Wildman–Crippen LogP) is 2.41. The molecule has 0 aliphatic heterocycles. The topological polar surface area (TPSA) is 73.3 Å². The first-order valence-corrected chi connectivity index (χ1v) is 7.29. The van der Waals surface area contributed by atoms with Gasteiger partial charge in [-0.2, -0.15) is 0 Å². The fourth-order valence-corrected chi connectivity index (χ4v) is 3.07. The Hall–Kier alpha value is -1.30. The van der Waals surface area contributed by atoms with Crippen LogP contribution in [0.25, 0.3) is 0 Å². The van der Waals surface area contributed by atoms with Gasteiger partial charge in [0.2, 0.25) is 0 Å². The van der Waals surface area contributed by atoms with E-state index in [2.05, 4.69) is 0 Å². The van der Waals surface area contributed by atoms with Crippen molar-refractivity contribution < 1.29 is 12.8 Å². The van der Waals surface area contributed by atoms with Crippen LogP contribution in [0.5, 0.6) is 0 Å². The van der Waals surface area contributed by atoms with Crippen molar-refractivity contribution in [3.05, 3.63) is 53.4 Å². The summed E-state index contributed by atoms with van der Waals surface area (Å²) in [4.78, 5) is 0.203. The number of furan rings is 1. The van der Waals surface area contributed by atoms with Crippen molar-refractivity contribution >= 4 is 21.4 Å². The maximum atomic E-state index is 12.1. The molecule has 0 aliphatic rings. The number of hydrogen-bond acceptors (Lipinski definition) is 4. The van der Waals surface area contributed by atoms with Crippen LogP contribution in [0.2, 0.25) is 5.02 Å². The van der Waals surface area contributed by atoms with Gasteiger partial charge in [0.1, 0.15) is 5.76 Å². The molecule has 1 unspecified atom stereocenters. The first-order chi connectivity index (χ1) is 8.49. The highest BCUT2D eigenvalue weighted by atomic mass is 35.5. The second-order valence-corrected chi connectivity index (χ2v) is 6.33. The third-order valence-corrected chi connectivity index (χ3v) is 4.52. The maximum Gasteiger partial charge on any atom is 0.180 e. The predicted molar refractivity (Wildman–Crippen MR) is 69.1 cm³/mol. The number of nitrogens with two attached hydrogens (primary N) is 1. The summed E-state index contributed by atoms with van der Waals surface area (Å²) >= 11 is 5.71. The normalized spacial score (nSPS) is 13.4. The summed E-state index contributed by atoms with van der Waals surface area (Å²) < 4.78 is 29.3. The Morgan fingerprint density at radius 3 is 2.44 bits per heavy atom. The smallest absolute Gasteiger partial charge is 0.180 e. The van der Waals surface area contributed by atoms with E-state index in [-0.39, 0.29) is 10.6 Å². The van der Waals surface area contributed by atoms with E-state index in [9.17, 15) is 8.42 Å². The lowest BCUT2D eigenvalue weighted by atomic mass is 10.3. The largest absolute Gasteiger partial charge is 0.468 e. The number of benzene rings is 1. The minimum absolute atomic E-state index is 0.203. The number of hydrogen-bond donors (Lipinski definition) is 1. The molecule has 2 N–H and O–H groups in total. The van der Waals surface area contributed by atoms with Gasteiger partial charge < -0.3 is 10.2 Å². The molecule has 2 rings (SSSR count). The molecule has 96 valence electrons. The molecule has 0 saturated carbocycles. The summed E-state index contributed by atoms with van der Waals surface area (Å²) in [5, 5.41) is 0.490. The summed E-state index contributed by atoms with van der Waals surface area (Å²) in [5.41, 5.74) is 5.79. The highest BCUT2D eigenvalue weighted by Gasteiger charge is 2.21. The molecule has 1 aromatic carbocycles. The van der Waals surface area contributed by atoms with E-state index in [1.165, 1.54) is 30.5 Å². The molecule has 1 heterocycles. The second-order valence-electron chi connectivity index (χ2n) is 3.86. The van der Waals surface area contributed by atoms with Gasteiger partial charge in [0.25, 0.3) is 0 Å². The SMILES string of the molecule is NC(CS(=O)(=O)c1ccc(Cl)cc1)c1ccco1. The molecule has 18 heavy (non-hydrogen) atoms. The van der Waals surface area contributed by atoms with Crippen LogP contribution in [0.4, 0.5) is 0 Å². The van der Waals surface area contributed by atoms with Gasteiger partial charge in [0.15, 0.2) is 9.84 Å². The second kappa shape index (κ2) is 5.14. The number of sulfone groups is 1. The molecule has 0 radical (unpaired) electrons. The van der Waals surface area contributed by atoms with E-state index >= 15 is 0 Å². The van der Waals surface area contributed by atoms with Crippen LogP contribution in [-0.2, 0) is 9.84 Å². The van der Waals surface area contributed by atoms with E-state index in [1.807, 2.05) is 0 Å². The molecule has 1 atom stereocenters. The molecule has 1 aromatic heterocycles. The molecule has 6 heteroatoms. The quantitative estimate of drug-likeness (QED) is 0.936. The molecule has 0 aliphatic carbocycles. The van der Waals surface area contributed by atoms with Crippen molar-refractivity contribution in [2.75, 3.05) is 5.75 Å². The summed E-state index contributed by atoms with van der Waals surface area (Å²) in [6.07, 6.45) is 1.46. The zero-order chi connectivity index (χ0) is 13.2. The molecule has 0 saturated heterocycles. The third-order valence-electron chi connectivity index (χ3n) is 2.48. The molecule has 0 amide bonds. The van der Waals surface area contributed by atoms with Gasteiger partial charge in [-0.25, -0.2) is 8.42 Å². The van der Waals surface area contributed by atoms with Gasteiger partial charge in [-0.05, 0) is 36.4 Å². The fraction of sp³-hybridized carbons (Fsp3) is 0.167. The highest BCUT2D eigenvalue weighted by Crippen LogP contribution is 2.20. The average Bonchev–Trinajstić information content (AvgIpc) is 2.82. The molecule has 0 bridgehead atoms. The lowest BCUT2D eigenvalue weighted by Crippen LogP contribution is -2.21. The Kier molecular flexibility index (Phi) is 3.75. The van der Waals surface area contributed by atoms with E-state index in [1.54, 1.807) is 12.1 Å². The molecule has 0 fully saturated rings. The van der Waals surface area contributed by atoms with E-state index in [0.717, 1.165) is 0 Å². The Balaban J connectivity index is 2.20. The minimum atomic E-state index is -3.45. The maximum absolute atomic E-state index is 12.1. The monoisotopic (exact) mass is 285 g/mol. The first-order valence-electron chi connectivity index (χ1n) is 5.26. The minimum Gasteiger partial charge on any atom is -0.468 e. The van der Waals surface area contributed by atoms with Gasteiger partial charge in [-0.15, -0.1) is 0 Å².